The van der Waals surface area contributed by atoms with Gasteiger partial charge in [-0.15, -0.1) is 0 Å². The lowest BCUT2D eigenvalue weighted by molar-refractivity contribution is -0.0494. The van der Waals surface area contributed by atoms with Gasteiger partial charge in [0.15, 0.2) is 0 Å². The van der Waals surface area contributed by atoms with Gasteiger partial charge in [0.1, 0.15) is 0 Å². The van der Waals surface area contributed by atoms with E-state index < -0.39 is 20.9 Å². The molecule has 0 aromatic heterocycles. The van der Waals surface area contributed by atoms with Crippen LogP contribution in [0.1, 0.15) is 21.9 Å². The number of nitrogens with zero attached hydrogens (tertiary/aromatic N) is 1. The summed E-state index contributed by atoms with van der Waals surface area (Å²) in [5, 5.41) is 14.6. The van der Waals surface area contributed by atoms with Crippen LogP contribution in [0.25, 0.3) is 43.4 Å². The van der Waals surface area contributed by atoms with E-state index in [1.54, 1.807) is 30.3 Å². The smallest absolute Gasteiger partial charge is 0.192 e. The molecule has 0 aliphatic rings. The van der Waals surface area contributed by atoms with Crippen LogP contribution < -0.4 is 0 Å². The third-order valence-corrected chi connectivity index (χ3v) is 9.58. The van der Waals surface area contributed by atoms with Gasteiger partial charge in [0.2, 0.25) is 0 Å². The first-order valence-electron chi connectivity index (χ1n) is 13.2. The zero-order valence-corrected chi connectivity index (χ0v) is 24.0. The largest absolute Gasteiger partial charge is 0.524 e. The number of nitriles is 1. The number of hydrogen-bond acceptors (Lipinski definition) is 5. The molecule has 4 nitrogen and oxygen atoms in total. The molecular formula is C34H22F3NO3S2. The number of alkyl halides is 3. The normalized spacial score (nSPS) is 12.9. The molecule has 43 heavy (non-hydrogen) atoms. The van der Waals surface area contributed by atoms with Gasteiger partial charge in [-0.25, -0.2) is 0 Å². The molecule has 0 spiro atoms. The predicted octanol–water partition coefficient (Wildman–Crippen LogP) is 9.48. The fraction of sp³-hybridized carbons (Fsp3) is 0.0882. The lowest BCUT2D eigenvalue weighted by Crippen LogP contribution is -2.23. The van der Waals surface area contributed by atoms with Gasteiger partial charge in [-0.1, -0.05) is 78.9 Å². The second-order valence-corrected chi connectivity index (χ2v) is 12.8. The van der Waals surface area contributed by atoms with E-state index in [0.717, 1.165) is 43.4 Å². The Bertz CT molecular complexity index is 2130. The number of fused-ring (bicyclic) bond motifs is 3. The molecule has 214 valence electrons. The molecule has 0 fully saturated rings. The molecular weight excluding hydrogens is 592 g/mol. The Hall–Kier alpha value is -4.36. The zero-order valence-electron chi connectivity index (χ0n) is 22.4. The van der Waals surface area contributed by atoms with E-state index in [1.807, 2.05) is 66.7 Å². The SMILES string of the molecule is N#Cc1ccc(CC(SOS(=O)(=O)C(F)(F)F)c2cccc(-c3c4ccccc4cc4cc5ccccc5cc34)c2)cc1. The average molecular weight is 614 g/mol. The van der Waals surface area contributed by atoms with E-state index in [1.165, 1.54) is 0 Å². The molecule has 0 saturated carbocycles. The van der Waals surface area contributed by atoms with Crippen LogP contribution in [0.2, 0.25) is 0 Å². The standard InChI is InChI=1S/C34H22F3NO3S2/c35-34(36,37)43(39,40)41-42-32(16-22-12-14-23(21-38)15-13-22)27-9-5-10-28(19-27)33-30-11-4-3-8-26(30)18-29-17-24-6-1-2-7-25(24)20-31(29)33/h1-15,17-20,32H,16H2. The van der Waals surface area contributed by atoms with Gasteiger partial charge in [-0.3, -0.25) is 0 Å². The van der Waals surface area contributed by atoms with Crippen LogP contribution >= 0.6 is 12.0 Å². The van der Waals surface area contributed by atoms with E-state index >= 15 is 0 Å². The monoisotopic (exact) mass is 613 g/mol. The Labute approximate surface area is 250 Å². The number of halogens is 3. The maximum Gasteiger partial charge on any atom is 0.524 e. The van der Waals surface area contributed by atoms with Crippen molar-refractivity contribution in [3.8, 4) is 17.2 Å². The molecule has 1 atom stereocenters. The maximum atomic E-state index is 13.1. The molecule has 6 rings (SSSR count). The molecule has 6 aromatic carbocycles. The molecule has 0 saturated heterocycles. The van der Waals surface area contributed by atoms with Crippen LogP contribution in [0.15, 0.2) is 115 Å². The van der Waals surface area contributed by atoms with Gasteiger partial charge in [-0.2, -0.15) is 30.5 Å². The summed E-state index contributed by atoms with van der Waals surface area (Å²) in [6.07, 6.45) is 0.161. The summed E-state index contributed by atoms with van der Waals surface area (Å²) in [7, 11) is -5.82. The molecule has 0 radical (unpaired) electrons. The van der Waals surface area contributed by atoms with Crippen LogP contribution in [-0.4, -0.2) is 13.9 Å². The molecule has 0 aliphatic carbocycles. The zero-order chi connectivity index (χ0) is 30.2. The van der Waals surface area contributed by atoms with Crippen molar-refractivity contribution in [1.29, 1.82) is 5.26 Å². The predicted molar refractivity (Wildman–Crippen MR) is 166 cm³/mol. The first kappa shape index (κ1) is 28.7. The number of rotatable bonds is 7. The van der Waals surface area contributed by atoms with E-state index in [2.05, 4.69) is 27.9 Å². The van der Waals surface area contributed by atoms with Crippen molar-refractivity contribution in [2.24, 2.45) is 0 Å². The highest BCUT2D eigenvalue weighted by molar-refractivity contribution is 8.04. The molecule has 0 heterocycles. The molecule has 9 heteroatoms. The molecule has 0 aliphatic heterocycles. The van der Waals surface area contributed by atoms with Crippen molar-refractivity contribution in [3.05, 3.63) is 132 Å². The van der Waals surface area contributed by atoms with Crippen LogP contribution in [0, 0.1) is 11.3 Å². The summed E-state index contributed by atoms with van der Waals surface area (Å²) in [5.41, 5.74) is -2.03. The molecule has 1 unspecified atom stereocenters. The minimum Gasteiger partial charge on any atom is -0.192 e. The van der Waals surface area contributed by atoms with Crippen molar-refractivity contribution in [2.75, 3.05) is 0 Å². The molecule has 0 bridgehead atoms. The molecule has 0 N–H and O–H groups in total. The first-order valence-corrected chi connectivity index (χ1v) is 15.4. The van der Waals surface area contributed by atoms with Crippen molar-refractivity contribution in [2.45, 2.75) is 17.2 Å². The Morgan fingerprint density at radius 1 is 0.744 bits per heavy atom. The van der Waals surface area contributed by atoms with E-state index in [0.29, 0.717) is 16.7 Å². The van der Waals surface area contributed by atoms with Crippen molar-refractivity contribution in [3.63, 3.8) is 0 Å². The highest BCUT2D eigenvalue weighted by atomic mass is 32.3. The third kappa shape index (κ3) is 5.82. The summed E-state index contributed by atoms with van der Waals surface area (Å²) in [4.78, 5) is 0. The summed E-state index contributed by atoms with van der Waals surface area (Å²) in [6, 6.07) is 38.5. The number of hydrogen-bond donors (Lipinski definition) is 0. The minimum absolute atomic E-state index is 0.161. The highest BCUT2D eigenvalue weighted by Gasteiger charge is 2.48. The maximum absolute atomic E-state index is 13.1. The topological polar surface area (TPSA) is 67.2 Å². The quantitative estimate of drug-likeness (QED) is 0.102. The van der Waals surface area contributed by atoms with E-state index in [4.69, 9.17) is 5.26 Å². The lowest BCUT2D eigenvalue weighted by Gasteiger charge is -2.19. The Morgan fingerprint density at radius 3 is 2.09 bits per heavy atom. The third-order valence-electron chi connectivity index (χ3n) is 7.31. The van der Waals surface area contributed by atoms with Crippen LogP contribution in [0.4, 0.5) is 13.2 Å². The molecule has 0 amide bonds. The van der Waals surface area contributed by atoms with Crippen molar-refractivity contribution in [1.82, 2.24) is 0 Å². The number of benzene rings is 6. The fourth-order valence-electron chi connectivity index (χ4n) is 5.24. The van der Waals surface area contributed by atoms with Gasteiger partial charge in [0.05, 0.1) is 16.9 Å². The van der Waals surface area contributed by atoms with Gasteiger partial charge < -0.3 is 0 Å². The van der Waals surface area contributed by atoms with E-state index in [-0.39, 0.29) is 18.5 Å². The Kier molecular flexibility index (Phi) is 7.61. The molecule has 6 aromatic rings. The lowest BCUT2D eigenvalue weighted by atomic mass is 9.89. The first-order chi connectivity index (χ1) is 20.6. The highest BCUT2D eigenvalue weighted by Crippen LogP contribution is 2.42. The summed E-state index contributed by atoms with van der Waals surface area (Å²) in [6.45, 7) is 0. The van der Waals surface area contributed by atoms with Gasteiger partial charge >= 0.3 is 15.6 Å². The second kappa shape index (κ2) is 11.4. The van der Waals surface area contributed by atoms with Crippen LogP contribution in [0.5, 0.6) is 0 Å². The summed E-state index contributed by atoms with van der Waals surface area (Å²) in [5.74, 6) is 0. The Balaban J connectivity index is 1.49. The van der Waals surface area contributed by atoms with Crippen molar-refractivity contribution < 1.29 is 25.2 Å². The van der Waals surface area contributed by atoms with Gasteiger partial charge in [0.25, 0.3) is 0 Å². The second-order valence-electron chi connectivity index (χ2n) is 10.1. The van der Waals surface area contributed by atoms with Crippen molar-refractivity contribution >= 4 is 54.5 Å². The summed E-state index contributed by atoms with van der Waals surface area (Å²) < 4.78 is 67.5. The van der Waals surface area contributed by atoms with Crippen LogP contribution in [0.3, 0.4) is 0 Å². The average Bonchev–Trinajstić information content (AvgIpc) is 3.00. The van der Waals surface area contributed by atoms with E-state index in [9.17, 15) is 21.6 Å². The van der Waals surface area contributed by atoms with Gasteiger partial charge in [0, 0.05) is 12.0 Å². The van der Waals surface area contributed by atoms with Gasteiger partial charge in [-0.05, 0) is 97.4 Å². The fourth-order valence-corrected chi connectivity index (χ4v) is 6.86. The van der Waals surface area contributed by atoms with Crippen LogP contribution in [-0.2, 0) is 20.2 Å². The minimum atomic E-state index is -5.82. The Morgan fingerprint density at radius 2 is 1.40 bits per heavy atom. The summed E-state index contributed by atoms with van der Waals surface area (Å²) >= 11 is 0.253.